The van der Waals surface area contributed by atoms with Crippen molar-refractivity contribution in [2.45, 2.75) is 0 Å². The van der Waals surface area contributed by atoms with Crippen LogP contribution < -0.4 is 0 Å². The lowest BCUT2D eigenvalue weighted by molar-refractivity contribution is 1.30. The Morgan fingerprint density at radius 2 is 1.50 bits per heavy atom. The lowest BCUT2D eigenvalue weighted by atomic mass is 10.2. The summed E-state index contributed by atoms with van der Waals surface area (Å²) in [5, 5.41) is 1.20. The van der Waals surface area contributed by atoms with Crippen LogP contribution in [0.4, 0.5) is 0 Å². The average Bonchev–Trinajstić information content (AvgIpc) is 2.49. The van der Waals surface area contributed by atoms with Crippen LogP contribution in [-0.4, -0.2) is 9.97 Å². The molecule has 2 aromatic heterocycles. The Labute approximate surface area is 107 Å². The molecule has 0 saturated carbocycles. The summed E-state index contributed by atoms with van der Waals surface area (Å²) in [4.78, 5) is 8.16. The second-order valence-electron chi connectivity index (χ2n) is 3.65. The van der Waals surface area contributed by atoms with Crippen molar-refractivity contribution in [3.8, 4) is 0 Å². The van der Waals surface area contributed by atoms with E-state index in [0.717, 1.165) is 11.2 Å². The summed E-state index contributed by atoms with van der Waals surface area (Å²) >= 11 is 0. The topological polar surface area (TPSA) is 25.8 Å². The molecule has 0 amide bonds. The van der Waals surface area contributed by atoms with Crippen molar-refractivity contribution in [2.24, 2.45) is 0 Å². The average molecular weight is 234 g/mol. The van der Waals surface area contributed by atoms with Gasteiger partial charge in [0.25, 0.3) is 0 Å². The van der Waals surface area contributed by atoms with Gasteiger partial charge in [-0.15, -0.1) is 0 Å². The molecule has 0 fully saturated rings. The molecule has 0 unspecified atom stereocenters. The molecule has 0 aliphatic rings. The first-order valence-corrected chi connectivity index (χ1v) is 5.73. The predicted molar refractivity (Wildman–Crippen MR) is 76.1 cm³/mol. The Bertz CT molecular complexity index is 553. The number of benzene rings is 1. The van der Waals surface area contributed by atoms with Crippen LogP contribution in [0.5, 0.6) is 0 Å². The van der Waals surface area contributed by atoms with Crippen molar-refractivity contribution in [1.82, 2.24) is 9.97 Å². The van der Waals surface area contributed by atoms with Crippen LogP contribution >= 0.6 is 0 Å². The Morgan fingerprint density at radius 3 is 2.17 bits per heavy atom. The van der Waals surface area contributed by atoms with Gasteiger partial charge in [-0.25, -0.2) is 0 Å². The van der Waals surface area contributed by atoms with E-state index in [4.69, 9.17) is 0 Å². The van der Waals surface area contributed by atoms with Crippen LogP contribution in [-0.2, 0) is 0 Å². The van der Waals surface area contributed by atoms with E-state index < -0.39 is 0 Å². The van der Waals surface area contributed by atoms with E-state index in [9.17, 15) is 0 Å². The quantitative estimate of drug-likeness (QED) is 0.637. The van der Waals surface area contributed by atoms with Crippen LogP contribution in [0, 0.1) is 0 Å². The minimum absolute atomic E-state index is 0.924. The molecule has 0 atom stereocenters. The maximum atomic E-state index is 4.18. The van der Waals surface area contributed by atoms with Crippen molar-refractivity contribution in [1.29, 1.82) is 0 Å². The van der Waals surface area contributed by atoms with Gasteiger partial charge in [0.15, 0.2) is 0 Å². The summed E-state index contributed by atoms with van der Waals surface area (Å²) in [6.45, 7) is 3.57. The molecule has 1 aromatic carbocycles. The third-order valence-electron chi connectivity index (χ3n) is 2.41. The molecular formula is C16H14N2. The summed E-state index contributed by atoms with van der Waals surface area (Å²) in [6, 6.07) is 17.8. The molecule has 3 aromatic rings. The van der Waals surface area contributed by atoms with Gasteiger partial charge in [-0.2, -0.15) is 0 Å². The number of hydrogen-bond donors (Lipinski definition) is 0. The zero-order valence-electron chi connectivity index (χ0n) is 10.0. The lowest BCUT2D eigenvalue weighted by Crippen LogP contribution is -1.73. The molecule has 3 rings (SSSR count). The molecule has 0 aliphatic carbocycles. The molecule has 0 saturated heterocycles. The Kier molecular flexibility index (Phi) is 4.20. The van der Waals surface area contributed by atoms with Gasteiger partial charge in [0.05, 0.1) is 11.2 Å². The number of pyridine rings is 2. The zero-order chi connectivity index (χ0) is 12.6. The fourth-order valence-electron chi connectivity index (χ4n) is 1.51. The first-order chi connectivity index (χ1) is 8.90. The van der Waals surface area contributed by atoms with Gasteiger partial charge in [0, 0.05) is 17.8 Å². The number of nitrogens with zero attached hydrogens (tertiary/aromatic N) is 2. The van der Waals surface area contributed by atoms with Gasteiger partial charge in [-0.1, -0.05) is 36.9 Å². The Hall–Kier alpha value is -2.48. The van der Waals surface area contributed by atoms with Crippen molar-refractivity contribution in [3.05, 3.63) is 79.3 Å². The number of para-hydroxylation sites is 1. The number of fused-ring (bicyclic) bond motifs is 1. The van der Waals surface area contributed by atoms with E-state index in [0.29, 0.717) is 0 Å². The standard InChI is InChI=1S/C9H7N.C7H7N/c1-2-6-9-8(4-1)5-3-7-10-9;1-2-7-5-3-4-6-8-7/h1-7H;2-6H,1H2. The number of rotatable bonds is 1. The van der Waals surface area contributed by atoms with Gasteiger partial charge < -0.3 is 0 Å². The summed E-state index contributed by atoms with van der Waals surface area (Å²) in [5.41, 5.74) is 1.98. The first-order valence-electron chi connectivity index (χ1n) is 5.73. The van der Waals surface area contributed by atoms with Crippen molar-refractivity contribution in [2.75, 3.05) is 0 Å². The van der Waals surface area contributed by atoms with E-state index in [1.165, 1.54) is 5.39 Å². The summed E-state index contributed by atoms with van der Waals surface area (Å²) in [5.74, 6) is 0. The Morgan fingerprint density at radius 1 is 0.778 bits per heavy atom. The highest BCUT2D eigenvalue weighted by atomic mass is 14.6. The monoisotopic (exact) mass is 234 g/mol. The third kappa shape index (κ3) is 3.25. The van der Waals surface area contributed by atoms with E-state index in [1.807, 2.05) is 48.7 Å². The van der Waals surface area contributed by atoms with Gasteiger partial charge in [0.1, 0.15) is 0 Å². The molecule has 0 bridgehead atoms. The summed E-state index contributed by atoms with van der Waals surface area (Å²) in [7, 11) is 0. The van der Waals surface area contributed by atoms with Gasteiger partial charge in [-0.3, -0.25) is 9.97 Å². The van der Waals surface area contributed by atoms with Crippen molar-refractivity contribution >= 4 is 17.0 Å². The van der Waals surface area contributed by atoms with Crippen LogP contribution in [0.15, 0.2) is 73.6 Å². The molecule has 0 aliphatic heterocycles. The van der Waals surface area contributed by atoms with E-state index >= 15 is 0 Å². The fourth-order valence-corrected chi connectivity index (χ4v) is 1.51. The molecular weight excluding hydrogens is 220 g/mol. The smallest absolute Gasteiger partial charge is 0.0701 e. The Balaban J connectivity index is 0.000000138. The van der Waals surface area contributed by atoms with Crippen LogP contribution in [0.25, 0.3) is 17.0 Å². The lowest BCUT2D eigenvalue weighted by Gasteiger charge is -1.91. The fraction of sp³-hybridized carbons (Fsp3) is 0. The van der Waals surface area contributed by atoms with E-state index in [2.05, 4.69) is 28.7 Å². The number of hydrogen-bond acceptors (Lipinski definition) is 2. The van der Waals surface area contributed by atoms with Crippen molar-refractivity contribution in [3.63, 3.8) is 0 Å². The first kappa shape index (κ1) is 12.0. The highest BCUT2D eigenvalue weighted by Crippen LogP contribution is 2.07. The highest BCUT2D eigenvalue weighted by Gasteiger charge is 1.86. The van der Waals surface area contributed by atoms with Crippen LogP contribution in [0.2, 0.25) is 0 Å². The van der Waals surface area contributed by atoms with E-state index in [-0.39, 0.29) is 0 Å². The van der Waals surface area contributed by atoms with Crippen LogP contribution in [0.1, 0.15) is 5.69 Å². The van der Waals surface area contributed by atoms with Gasteiger partial charge in [0.2, 0.25) is 0 Å². The predicted octanol–water partition coefficient (Wildman–Crippen LogP) is 3.96. The molecule has 18 heavy (non-hydrogen) atoms. The van der Waals surface area contributed by atoms with Gasteiger partial charge in [-0.05, 0) is 30.3 Å². The molecule has 2 heteroatoms. The number of aromatic nitrogens is 2. The maximum Gasteiger partial charge on any atom is 0.0701 e. The zero-order valence-corrected chi connectivity index (χ0v) is 10.0. The SMILES string of the molecule is C=Cc1ccccn1.c1ccc2ncccc2c1. The second kappa shape index (κ2) is 6.30. The summed E-state index contributed by atoms with van der Waals surface area (Å²) in [6.07, 6.45) is 5.28. The molecule has 88 valence electrons. The van der Waals surface area contributed by atoms with Crippen LogP contribution in [0.3, 0.4) is 0 Å². The molecule has 0 radical (unpaired) electrons. The molecule has 0 spiro atoms. The van der Waals surface area contributed by atoms with Crippen molar-refractivity contribution < 1.29 is 0 Å². The third-order valence-corrected chi connectivity index (χ3v) is 2.41. The minimum atomic E-state index is 0.924. The normalized spacial score (nSPS) is 9.33. The molecule has 2 heterocycles. The highest BCUT2D eigenvalue weighted by molar-refractivity contribution is 5.77. The van der Waals surface area contributed by atoms with Gasteiger partial charge >= 0.3 is 0 Å². The minimum Gasteiger partial charge on any atom is -0.257 e. The maximum absolute atomic E-state index is 4.18. The largest absolute Gasteiger partial charge is 0.257 e. The molecule has 2 nitrogen and oxygen atoms in total. The van der Waals surface area contributed by atoms with E-state index in [1.54, 1.807) is 12.3 Å². The molecule has 0 N–H and O–H groups in total. The second-order valence-corrected chi connectivity index (χ2v) is 3.65. The summed E-state index contributed by atoms with van der Waals surface area (Å²) < 4.78 is 0.